The summed E-state index contributed by atoms with van der Waals surface area (Å²) in [6.45, 7) is 1.91. The van der Waals surface area contributed by atoms with Gasteiger partial charge in [-0.1, -0.05) is 31.3 Å². The minimum Gasteiger partial charge on any atom is -0.417 e. The fourth-order valence-corrected chi connectivity index (χ4v) is 1.37. The van der Waals surface area contributed by atoms with Gasteiger partial charge in [-0.2, -0.15) is 0 Å². The molecule has 0 fully saturated rings. The van der Waals surface area contributed by atoms with Gasteiger partial charge in [-0.3, -0.25) is 0 Å². The average Bonchev–Trinajstić information content (AvgIpc) is 2.33. The summed E-state index contributed by atoms with van der Waals surface area (Å²) in [7, 11) is 1.74. The van der Waals surface area contributed by atoms with Crippen LogP contribution >= 0.6 is 0 Å². The molecule has 0 aliphatic heterocycles. The first kappa shape index (κ1) is 14.1. The molecule has 2 rings (SSSR count). The summed E-state index contributed by atoms with van der Waals surface area (Å²) in [5, 5.41) is 3.15. The van der Waals surface area contributed by atoms with E-state index in [0.717, 1.165) is 16.7 Å². The van der Waals surface area contributed by atoms with Crippen molar-refractivity contribution in [2.24, 2.45) is 4.99 Å². The van der Waals surface area contributed by atoms with E-state index >= 15 is 0 Å². The van der Waals surface area contributed by atoms with E-state index < -0.39 is 0 Å². The molecule has 0 atom stereocenters. The van der Waals surface area contributed by atoms with Crippen molar-refractivity contribution in [3.05, 3.63) is 47.6 Å². The van der Waals surface area contributed by atoms with Crippen LogP contribution < -0.4 is 10.8 Å². The fourth-order valence-electron chi connectivity index (χ4n) is 1.37. The Morgan fingerprint density at radius 3 is 2.65 bits per heavy atom. The molecule has 0 saturated heterocycles. The third kappa shape index (κ3) is 3.75. The quantitative estimate of drug-likeness (QED) is 0.831. The van der Waals surface area contributed by atoms with Gasteiger partial charge in [-0.05, 0) is 12.1 Å². The van der Waals surface area contributed by atoms with Crippen molar-refractivity contribution in [2.45, 2.75) is 6.92 Å². The van der Waals surface area contributed by atoms with Crippen LogP contribution in [-0.4, -0.2) is 17.0 Å². The van der Waals surface area contributed by atoms with Crippen LogP contribution in [0.25, 0.3) is 0 Å². The van der Waals surface area contributed by atoms with Crippen LogP contribution in [-0.2, 0) is 32.7 Å². The first-order valence-electron chi connectivity index (χ1n) is 5.03. The molecule has 2 N–H and O–H groups in total. The zero-order valence-corrected chi connectivity index (χ0v) is 12.7. The molecule has 0 amide bonds. The predicted molar refractivity (Wildman–Crippen MR) is 63.4 cm³/mol. The van der Waals surface area contributed by atoms with E-state index in [0.29, 0.717) is 5.95 Å². The van der Waals surface area contributed by atoms with E-state index in [1.54, 1.807) is 7.05 Å². The molecule has 4 nitrogen and oxygen atoms in total. The molecule has 1 heterocycles. The Balaban J connectivity index is 0.00000144. The number of nitrogens with zero attached hydrogens (tertiary/aromatic N) is 2. The molecule has 0 saturated carbocycles. The molecule has 1 aromatic heterocycles. The topological polar surface area (TPSA) is 53.1 Å². The van der Waals surface area contributed by atoms with Crippen molar-refractivity contribution < 1.29 is 32.7 Å². The molecule has 0 aliphatic carbocycles. The second kappa shape index (κ2) is 6.67. The number of rotatable bonds is 2. The molecule has 1 aromatic carbocycles. The minimum atomic E-state index is 0. The van der Waals surface area contributed by atoms with E-state index in [9.17, 15) is 0 Å². The van der Waals surface area contributed by atoms with E-state index in [2.05, 4.69) is 26.5 Å². The number of aryl methyl sites for hydroxylation is 1. The molecular weight excluding hydrogens is 289 g/mol. The summed E-state index contributed by atoms with van der Waals surface area (Å²) in [4.78, 5) is 11.3. The van der Waals surface area contributed by atoms with E-state index in [1.165, 1.54) is 0 Å². The summed E-state index contributed by atoms with van der Waals surface area (Å²) < 4.78 is 0. The summed E-state index contributed by atoms with van der Waals surface area (Å²) in [6, 6.07) is 9.84. The van der Waals surface area contributed by atoms with Crippen molar-refractivity contribution >= 4 is 11.6 Å². The smallest absolute Gasteiger partial charge is 0.0913 e. The molecule has 0 aliphatic rings. The second-order valence-corrected chi connectivity index (χ2v) is 3.39. The molecule has 85 valence electrons. The predicted octanol–water partition coefficient (Wildman–Crippen LogP) is 1.79. The normalized spacial score (nSPS) is 10.8. The van der Waals surface area contributed by atoms with Gasteiger partial charge in [0.1, 0.15) is 0 Å². The maximum Gasteiger partial charge on any atom is 0.0913 e. The molecule has 0 bridgehead atoms. The molecule has 17 heavy (non-hydrogen) atoms. The number of H-pyrrole nitrogens is 1. The average molecular weight is 302 g/mol. The Morgan fingerprint density at radius 2 is 2.00 bits per heavy atom. The van der Waals surface area contributed by atoms with Gasteiger partial charge >= 0.3 is 0 Å². The third-order valence-corrected chi connectivity index (χ3v) is 2.19. The largest absolute Gasteiger partial charge is 0.417 e. The first-order valence-corrected chi connectivity index (χ1v) is 5.03. The molecule has 1 radical (unpaired) electrons. The maximum absolute atomic E-state index is 4.13. The Morgan fingerprint density at radius 1 is 1.29 bits per heavy atom. The SMILES string of the molecule is CN=c1[nH]c(Nc2ccccc2)n[c-]c1C.[Y]. The van der Waals surface area contributed by atoms with Gasteiger partial charge in [-0.25, -0.2) is 0 Å². The fraction of sp³-hybridized carbons (Fsp3) is 0.167. The second-order valence-electron chi connectivity index (χ2n) is 3.39. The van der Waals surface area contributed by atoms with E-state index in [4.69, 9.17) is 0 Å². The van der Waals surface area contributed by atoms with Gasteiger partial charge in [0, 0.05) is 50.9 Å². The van der Waals surface area contributed by atoms with Gasteiger partial charge < -0.3 is 20.3 Å². The van der Waals surface area contributed by atoms with Crippen LogP contribution in [0.3, 0.4) is 0 Å². The number of aromatic amines is 1. The van der Waals surface area contributed by atoms with Crippen molar-refractivity contribution in [2.75, 3.05) is 12.4 Å². The Bertz CT molecular complexity index is 534. The summed E-state index contributed by atoms with van der Waals surface area (Å²) in [6.07, 6.45) is 2.90. The Labute approximate surface area is 125 Å². The number of anilines is 2. The standard InChI is InChI=1S/C12H13N4.Y/c1-9-8-14-12(16-11(9)13-2)15-10-6-4-3-5-7-10;/h3-7H,1-2H3,(H2,13,14,15,16);/q-1;. The van der Waals surface area contributed by atoms with Crippen LogP contribution in [0, 0.1) is 13.1 Å². The minimum absolute atomic E-state index is 0. The molecule has 0 unspecified atom stereocenters. The van der Waals surface area contributed by atoms with E-state index in [-0.39, 0.29) is 32.7 Å². The maximum atomic E-state index is 4.13. The molecular formula is C12H13N4Y-. The van der Waals surface area contributed by atoms with Crippen LogP contribution in [0.1, 0.15) is 5.56 Å². The van der Waals surface area contributed by atoms with Gasteiger partial charge in [0.15, 0.2) is 0 Å². The van der Waals surface area contributed by atoms with Crippen LogP contribution in [0.4, 0.5) is 11.6 Å². The molecule has 2 aromatic rings. The number of hydrogen-bond acceptors (Lipinski definition) is 3. The zero-order chi connectivity index (χ0) is 11.4. The van der Waals surface area contributed by atoms with Crippen LogP contribution in [0.2, 0.25) is 0 Å². The van der Waals surface area contributed by atoms with Crippen LogP contribution in [0.15, 0.2) is 35.3 Å². The summed E-state index contributed by atoms with van der Waals surface area (Å²) in [5.74, 6) is 0.636. The van der Waals surface area contributed by atoms with Gasteiger partial charge in [0.2, 0.25) is 0 Å². The third-order valence-electron chi connectivity index (χ3n) is 2.19. The number of hydrogen-bond donors (Lipinski definition) is 2. The van der Waals surface area contributed by atoms with Gasteiger partial charge in [0.25, 0.3) is 0 Å². The van der Waals surface area contributed by atoms with Crippen molar-refractivity contribution in [1.82, 2.24) is 9.97 Å². The Hall–Kier alpha value is -0.996. The van der Waals surface area contributed by atoms with Gasteiger partial charge in [-0.15, -0.1) is 5.56 Å². The molecule has 0 spiro atoms. The van der Waals surface area contributed by atoms with Crippen molar-refractivity contribution in [3.8, 4) is 0 Å². The van der Waals surface area contributed by atoms with E-state index in [1.807, 2.05) is 37.3 Å². The van der Waals surface area contributed by atoms with Crippen molar-refractivity contribution in [3.63, 3.8) is 0 Å². The Kier molecular flexibility index (Phi) is 5.52. The number of para-hydroxylation sites is 1. The van der Waals surface area contributed by atoms with Gasteiger partial charge in [0.05, 0.1) is 5.95 Å². The monoisotopic (exact) mass is 302 g/mol. The summed E-state index contributed by atoms with van der Waals surface area (Å²) in [5.41, 5.74) is 2.67. The van der Waals surface area contributed by atoms with Crippen molar-refractivity contribution in [1.29, 1.82) is 0 Å². The number of benzene rings is 1. The first-order chi connectivity index (χ1) is 7.79. The molecule has 5 heteroatoms. The van der Waals surface area contributed by atoms with Crippen LogP contribution in [0.5, 0.6) is 0 Å². The summed E-state index contributed by atoms with van der Waals surface area (Å²) >= 11 is 0. The zero-order valence-electron chi connectivity index (χ0n) is 9.86. The number of aromatic nitrogens is 2. The number of nitrogens with one attached hydrogen (secondary N) is 2.